The Balaban J connectivity index is 1.12. The third-order valence-corrected chi connectivity index (χ3v) is 10.9. The fourth-order valence-corrected chi connectivity index (χ4v) is 9.05. The van der Waals surface area contributed by atoms with Crippen LogP contribution in [0.15, 0.2) is 71.0 Å². The van der Waals surface area contributed by atoms with Crippen molar-refractivity contribution in [3.05, 3.63) is 60.7 Å². The van der Waals surface area contributed by atoms with Gasteiger partial charge in [0, 0.05) is 21.0 Å². The summed E-state index contributed by atoms with van der Waals surface area (Å²) >= 11 is 5.80. The van der Waals surface area contributed by atoms with Gasteiger partial charge in [0.1, 0.15) is 0 Å². The van der Waals surface area contributed by atoms with Gasteiger partial charge >= 0.3 is 0 Å². The van der Waals surface area contributed by atoms with Crippen molar-refractivity contribution in [3.8, 4) is 11.4 Å². The molecule has 8 nitrogen and oxygen atoms in total. The highest BCUT2D eigenvalue weighted by Gasteiger charge is 2.41. The normalized spacial score (nSPS) is 24.6. The van der Waals surface area contributed by atoms with Crippen LogP contribution in [0.25, 0.3) is 11.4 Å². The van der Waals surface area contributed by atoms with Crippen LogP contribution in [-0.2, 0) is 0 Å². The minimum Gasteiger partial charge on any atom is -0.188 e. The monoisotopic (exact) mass is 494 g/mol. The van der Waals surface area contributed by atoms with E-state index in [9.17, 15) is 0 Å². The molecule has 2 bridgehead atoms. The molecule has 2 aromatic carbocycles. The largest absolute Gasteiger partial charge is 0.214 e. The van der Waals surface area contributed by atoms with Crippen LogP contribution in [-0.4, -0.2) is 61.4 Å². The van der Waals surface area contributed by atoms with Crippen LogP contribution in [0, 0.1) is 0 Å². The Bertz CT molecular complexity index is 1100. The number of rotatable bonds is 6. The van der Waals surface area contributed by atoms with E-state index in [1.165, 1.54) is 25.7 Å². The molecule has 0 unspecified atom stereocenters. The zero-order chi connectivity index (χ0) is 22.0. The molecule has 0 radical (unpaired) electrons. The Kier molecular flexibility index (Phi) is 6.08. The number of aromatic nitrogens is 8. The Labute approximate surface area is 204 Å². The Morgan fingerprint density at radius 3 is 1.55 bits per heavy atom. The molecular weight excluding hydrogens is 472 g/mol. The van der Waals surface area contributed by atoms with E-state index < -0.39 is 0 Å². The Hall–Kier alpha value is -2.37. The average Bonchev–Trinajstić information content (AvgIpc) is 3.53. The van der Waals surface area contributed by atoms with Gasteiger partial charge in [0.25, 0.3) is 0 Å². The standard InChI is InChI=1S/C22H22N8S3/c1-3-7-15(8-4-1)29-21(23-25-27-29)32-19-13-11-18-20(14-12-17(19)31-18)33-22-24-26-28-30(22)16-9-5-2-6-10-16/h1-10,17-20H,11-14H2/t17-,18+,19+,20-. The van der Waals surface area contributed by atoms with Gasteiger partial charge < -0.3 is 0 Å². The van der Waals surface area contributed by atoms with Gasteiger partial charge in [-0.2, -0.15) is 21.1 Å². The van der Waals surface area contributed by atoms with E-state index in [1.54, 1.807) is 0 Å². The quantitative estimate of drug-likeness (QED) is 0.389. The zero-order valence-corrected chi connectivity index (χ0v) is 20.2. The fourth-order valence-electron chi connectivity index (χ4n) is 4.44. The molecule has 0 amide bonds. The van der Waals surface area contributed by atoms with Crippen LogP contribution in [0.3, 0.4) is 0 Å². The highest BCUT2D eigenvalue weighted by Crippen LogP contribution is 2.50. The second-order valence-electron chi connectivity index (χ2n) is 8.10. The van der Waals surface area contributed by atoms with Gasteiger partial charge in [-0.05, 0) is 70.8 Å². The third kappa shape index (κ3) is 4.41. The van der Waals surface area contributed by atoms with E-state index in [-0.39, 0.29) is 0 Å². The molecule has 168 valence electrons. The number of hydrogen-bond acceptors (Lipinski definition) is 9. The van der Waals surface area contributed by atoms with E-state index in [0.717, 1.165) is 21.7 Å². The lowest BCUT2D eigenvalue weighted by Gasteiger charge is -2.43. The van der Waals surface area contributed by atoms with Crippen LogP contribution in [0.4, 0.5) is 0 Å². The molecule has 33 heavy (non-hydrogen) atoms. The van der Waals surface area contributed by atoms with E-state index >= 15 is 0 Å². The number of tetrazole rings is 2. The molecule has 0 spiro atoms. The third-order valence-electron chi connectivity index (χ3n) is 6.05. The molecule has 6 rings (SSSR count). The SMILES string of the molecule is c1ccc(-n2nnnc2S[C@H]2CC[C@@H]3S[C@@H]2CC[C@H]3Sc2nnnn2-c2ccccc2)cc1. The predicted octanol–water partition coefficient (Wildman–Crippen LogP) is 4.32. The minimum atomic E-state index is 0.528. The summed E-state index contributed by atoms with van der Waals surface area (Å²) in [6, 6.07) is 20.2. The molecular formula is C22H22N8S3. The van der Waals surface area contributed by atoms with Gasteiger partial charge in [0.15, 0.2) is 0 Å². The number of nitrogens with zero attached hydrogens (tertiary/aromatic N) is 8. The molecule has 0 N–H and O–H groups in total. The van der Waals surface area contributed by atoms with Gasteiger partial charge in [0.2, 0.25) is 10.3 Å². The first-order chi connectivity index (χ1) is 16.3. The lowest BCUT2D eigenvalue weighted by Crippen LogP contribution is -2.39. The molecule has 11 heteroatoms. The Morgan fingerprint density at radius 2 is 1.09 bits per heavy atom. The molecule has 0 aliphatic carbocycles. The molecule has 2 aliphatic heterocycles. The Morgan fingerprint density at radius 1 is 0.636 bits per heavy atom. The molecule has 0 saturated carbocycles. The van der Waals surface area contributed by atoms with Gasteiger partial charge in [0.05, 0.1) is 11.4 Å². The van der Waals surface area contributed by atoms with Crippen LogP contribution >= 0.6 is 35.3 Å². The smallest absolute Gasteiger partial charge is 0.188 e. The van der Waals surface area contributed by atoms with Crippen molar-refractivity contribution in [1.29, 1.82) is 0 Å². The molecule has 2 aliphatic rings. The van der Waals surface area contributed by atoms with E-state index in [1.807, 2.05) is 93.6 Å². The molecule has 2 fully saturated rings. The number of hydrogen-bond donors (Lipinski definition) is 0. The summed E-state index contributed by atoms with van der Waals surface area (Å²) in [5, 5.41) is 29.0. The summed E-state index contributed by atoms with van der Waals surface area (Å²) < 4.78 is 3.71. The van der Waals surface area contributed by atoms with Crippen molar-refractivity contribution in [2.75, 3.05) is 0 Å². The molecule has 2 aromatic heterocycles. The van der Waals surface area contributed by atoms with Crippen molar-refractivity contribution in [1.82, 2.24) is 40.4 Å². The van der Waals surface area contributed by atoms with Crippen molar-refractivity contribution < 1.29 is 0 Å². The van der Waals surface area contributed by atoms with Gasteiger partial charge in [-0.1, -0.05) is 59.9 Å². The highest BCUT2D eigenvalue weighted by molar-refractivity contribution is 8.06. The van der Waals surface area contributed by atoms with Crippen molar-refractivity contribution in [2.24, 2.45) is 0 Å². The van der Waals surface area contributed by atoms with Crippen LogP contribution in [0.1, 0.15) is 25.7 Å². The topological polar surface area (TPSA) is 87.2 Å². The molecule has 4 heterocycles. The average molecular weight is 495 g/mol. The molecule has 4 atom stereocenters. The van der Waals surface area contributed by atoms with E-state index in [4.69, 9.17) is 0 Å². The number of benzene rings is 2. The van der Waals surface area contributed by atoms with Crippen molar-refractivity contribution in [2.45, 2.75) is 57.0 Å². The summed E-state index contributed by atoms with van der Waals surface area (Å²) in [5.74, 6) is 0. The zero-order valence-electron chi connectivity index (χ0n) is 17.7. The first kappa shape index (κ1) is 21.2. The molecule has 2 saturated heterocycles. The summed E-state index contributed by atoms with van der Waals surface area (Å²) in [4.78, 5) is 0. The van der Waals surface area contributed by atoms with Gasteiger partial charge in [-0.25, -0.2) is 0 Å². The maximum Gasteiger partial charge on any atom is 0.214 e. The second-order valence-corrected chi connectivity index (χ2v) is 12.0. The van der Waals surface area contributed by atoms with E-state index in [0.29, 0.717) is 21.0 Å². The van der Waals surface area contributed by atoms with Crippen molar-refractivity contribution in [3.63, 3.8) is 0 Å². The maximum absolute atomic E-state index is 4.32. The second kappa shape index (κ2) is 9.47. The van der Waals surface area contributed by atoms with E-state index in [2.05, 4.69) is 42.8 Å². The van der Waals surface area contributed by atoms with Crippen LogP contribution in [0.5, 0.6) is 0 Å². The first-order valence-corrected chi connectivity index (χ1v) is 13.7. The molecule has 4 aromatic rings. The highest BCUT2D eigenvalue weighted by atomic mass is 32.2. The summed E-state index contributed by atoms with van der Waals surface area (Å²) in [6.45, 7) is 0. The van der Waals surface area contributed by atoms with Gasteiger partial charge in [-0.15, -0.1) is 10.2 Å². The van der Waals surface area contributed by atoms with Crippen molar-refractivity contribution >= 4 is 35.3 Å². The fraction of sp³-hybridized carbons (Fsp3) is 0.364. The van der Waals surface area contributed by atoms with Gasteiger partial charge in [-0.3, -0.25) is 0 Å². The lowest BCUT2D eigenvalue weighted by atomic mass is 9.98. The predicted molar refractivity (Wildman–Crippen MR) is 131 cm³/mol. The number of thioether (sulfide) groups is 3. The summed E-state index contributed by atoms with van der Waals surface area (Å²) in [7, 11) is 0. The number of para-hydroxylation sites is 2. The first-order valence-electron chi connectivity index (χ1n) is 11.0. The maximum atomic E-state index is 4.32. The minimum absolute atomic E-state index is 0.528. The summed E-state index contributed by atoms with van der Waals surface area (Å²) in [6.07, 6.45) is 4.73. The lowest BCUT2D eigenvalue weighted by molar-refractivity contribution is 0.506. The number of fused-ring (bicyclic) bond motifs is 2. The van der Waals surface area contributed by atoms with Crippen LogP contribution in [0.2, 0.25) is 0 Å². The van der Waals surface area contributed by atoms with Crippen LogP contribution < -0.4 is 0 Å². The summed E-state index contributed by atoms with van der Waals surface area (Å²) in [5.41, 5.74) is 2.00.